The molecule has 2 aromatic rings. The summed E-state index contributed by atoms with van der Waals surface area (Å²) in [7, 11) is 0. The topological polar surface area (TPSA) is 98.3 Å². The number of hydrogen-bond donors (Lipinski definition) is 2. The predicted molar refractivity (Wildman–Crippen MR) is 100 cm³/mol. The molecule has 1 atom stereocenters. The van der Waals surface area contributed by atoms with Crippen LogP contribution in [0.2, 0.25) is 0 Å². The Hall–Kier alpha value is -3.41. The van der Waals surface area contributed by atoms with Crippen LogP contribution in [0.15, 0.2) is 66.4 Å². The van der Waals surface area contributed by atoms with Gasteiger partial charge in [0.1, 0.15) is 5.70 Å². The third-order valence-corrected chi connectivity index (χ3v) is 3.85. The summed E-state index contributed by atoms with van der Waals surface area (Å²) in [5, 5.41) is 16.2. The van der Waals surface area contributed by atoms with Crippen molar-refractivity contribution >= 4 is 23.9 Å². The molecule has 0 bridgehead atoms. The van der Waals surface area contributed by atoms with Gasteiger partial charge >= 0.3 is 0 Å². The Labute approximate surface area is 157 Å². The lowest BCUT2D eigenvalue weighted by atomic mass is 10.0. The van der Waals surface area contributed by atoms with Crippen molar-refractivity contribution in [2.45, 2.75) is 19.9 Å². The molecule has 6 nitrogen and oxygen atoms in total. The molecular weight excluding hydrogens is 344 g/mol. The van der Waals surface area contributed by atoms with Gasteiger partial charge in [-0.05, 0) is 29.7 Å². The zero-order valence-corrected chi connectivity index (χ0v) is 15.1. The molecule has 140 valence electrons. The van der Waals surface area contributed by atoms with E-state index in [1.165, 1.54) is 6.08 Å². The zero-order chi connectivity index (χ0) is 19.8. The Bertz CT molecular complexity index is 830. The van der Waals surface area contributed by atoms with Gasteiger partial charge in [-0.25, -0.2) is 0 Å². The molecule has 0 aliphatic heterocycles. The fraction of sp³-hybridized carbons (Fsp3) is 0.190. The molecule has 2 amide bonds. The van der Waals surface area contributed by atoms with Crippen LogP contribution in [0.25, 0.3) is 6.08 Å². The number of rotatable bonds is 7. The first-order valence-electron chi connectivity index (χ1n) is 8.53. The molecule has 0 unspecified atom stereocenters. The highest BCUT2D eigenvalue weighted by Crippen LogP contribution is 2.09. The maximum absolute atomic E-state index is 12.6. The van der Waals surface area contributed by atoms with Gasteiger partial charge in [0.2, 0.25) is 0 Å². The average molecular weight is 365 g/mol. The molecule has 0 saturated heterocycles. The van der Waals surface area contributed by atoms with Crippen LogP contribution in [0.1, 0.15) is 29.8 Å². The highest BCUT2D eigenvalue weighted by molar-refractivity contribution is 6.06. The van der Waals surface area contributed by atoms with E-state index in [2.05, 4.69) is 10.6 Å². The molecule has 0 aromatic heterocycles. The maximum Gasteiger partial charge on any atom is 0.268 e. The second-order valence-electron chi connectivity index (χ2n) is 6.30. The van der Waals surface area contributed by atoms with Gasteiger partial charge < -0.3 is 20.5 Å². The van der Waals surface area contributed by atoms with E-state index in [0.29, 0.717) is 11.1 Å². The number of carbonyl (C=O) groups excluding carboxylic acids is 3. The van der Waals surface area contributed by atoms with E-state index in [9.17, 15) is 19.5 Å². The molecule has 27 heavy (non-hydrogen) atoms. The predicted octanol–water partition coefficient (Wildman–Crippen LogP) is 1.35. The number of hydrogen-bond acceptors (Lipinski definition) is 4. The summed E-state index contributed by atoms with van der Waals surface area (Å²) in [5.74, 6) is -2.93. The molecule has 0 heterocycles. The van der Waals surface area contributed by atoms with Crippen LogP contribution < -0.4 is 15.7 Å². The van der Waals surface area contributed by atoms with Crippen LogP contribution in [0.5, 0.6) is 0 Å². The molecule has 0 fully saturated rings. The SMILES string of the molecule is CC(C)[C@H](NC(=O)/C(=C/c1ccccc1)NC(=O)c1ccccc1)C(=O)[O-]. The lowest BCUT2D eigenvalue weighted by Gasteiger charge is -2.24. The minimum atomic E-state index is -1.38. The minimum absolute atomic E-state index is 0.0537. The number of nitrogens with one attached hydrogen (secondary N) is 2. The van der Waals surface area contributed by atoms with Crippen LogP contribution in [0, 0.1) is 5.92 Å². The number of carbonyl (C=O) groups is 3. The quantitative estimate of drug-likeness (QED) is 0.724. The van der Waals surface area contributed by atoms with E-state index in [-0.39, 0.29) is 11.6 Å². The molecule has 0 aliphatic rings. The Morgan fingerprint density at radius 2 is 1.48 bits per heavy atom. The van der Waals surface area contributed by atoms with Gasteiger partial charge in [0.15, 0.2) is 0 Å². The summed E-state index contributed by atoms with van der Waals surface area (Å²) in [6.45, 7) is 3.31. The van der Waals surface area contributed by atoms with Crippen molar-refractivity contribution in [2.24, 2.45) is 5.92 Å². The fourth-order valence-corrected chi connectivity index (χ4v) is 2.38. The van der Waals surface area contributed by atoms with E-state index < -0.39 is 23.8 Å². The summed E-state index contributed by atoms with van der Waals surface area (Å²) >= 11 is 0. The molecule has 0 radical (unpaired) electrons. The molecule has 6 heteroatoms. The van der Waals surface area contributed by atoms with E-state index in [1.54, 1.807) is 68.4 Å². The number of benzene rings is 2. The highest BCUT2D eigenvalue weighted by atomic mass is 16.4. The summed E-state index contributed by atoms with van der Waals surface area (Å²) in [5.41, 5.74) is 1.01. The number of amides is 2. The summed E-state index contributed by atoms with van der Waals surface area (Å²) in [6, 6.07) is 16.2. The molecule has 2 rings (SSSR count). The second kappa shape index (κ2) is 9.33. The second-order valence-corrected chi connectivity index (χ2v) is 6.30. The van der Waals surface area contributed by atoms with Crippen LogP contribution in [0.4, 0.5) is 0 Å². The zero-order valence-electron chi connectivity index (χ0n) is 15.1. The number of carboxylic acids is 1. The molecule has 2 N–H and O–H groups in total. The third kappa shape index (κ3) is 5.81. The standard InChI is InChI=1S/C21H22N2O4/c1-14(2)18(21(26)27)23-20(25)17(13-15-9-5-3-6-10-15)22-19(24)16-11-7-4-8-12-16/h3-14,18H,1-2H3,(H,22,24)(H,23,25)(H,26,27)/p-1/b17-13-/t18-/m0/s1. The van der Waals surface area contributed by atoms with Crippen molar-refractivity contribution in [2.75, 3.05) is 0 Å². The maximum atomic E-state index is 12.6. The van der Waals surface area contributed by atoms with Crippen molar-refractivity contribution in [1.29, 1.82) is 0 Å². The first-order chi connectivity index (χ1) is 12.9. The molecule has 2 aromatic carbocycles. The van der Waals surface area contributed by atoms with Gasteiger partial charge in [0.25, 0.3) is 11.8 Å². The first kappa shape index (κ1) is 19.9. The number of carboxylic acid groups (broad SMARTS) is 1. The first-order valence-corrected chi connectivity index (χ1v) is 8.53. The largest absolute Gasteiger partial charge is 0.548 e. The van der Waals surface area contributed by atoms with Crippen LogP contribution in [-0.4, -0.2) is 23.8 Å². The smallest absolute Gasteiger partial charge is 0.268 e. The molecule has 0 saturated carbocycles. The Morgan fingerprint density at radius 1 is 0.926 bits per heavy atom. The van der Waals surface area contributed by atoms with Gasteiger partial charge in [-0.2, -0.15) is 0 Å². The Balaban J connectivity index is 2.29. The molecular formula is C21H21N2O4-. The average Bonchev–Trinajstić information content (AvgIpc) is 2.66. The van der Waals surface area contributed by atoms with E-state index >= 15 is 0 Å². The Morgan fingerprint density at radius 3 is 2.00 bits per heavy atom. The van der Waals surface area contributed by atoms with Crippen molar-refractivity contribution in [1.82, 2.24) is 10.6 Å². The van der Waals surface area contributed by atoms with Crippen molar-refractivity contribution < 1.29 is 19.5 Å². The van der Waals surface area contributed by atoms with Gasteiger partial charge in [-0.3, -0.25) is 9.59 Å². The van der Waals surface area contributed by atoms with Crippen LogP contribution in [0.3, 0.4) is 0 Å². The van der Waals surface area contributed by atoms with Gasteiger partial charge in [-0.1, -0.05) is 62.4 Å². The van der Waals surface area contributed by atoms with Gasteiger partial charge in [0.05, 0.1) is 12.0 Å². The monoisotopic (exact) mass is 365 g/mol. The van der Waals surface area contributed by atoms with Gasteiger partial charge in [-0.15, -0.1) is 0 Å². The highest BCUT2D eigenvalue weighted by Gasteiger charge is 2.21. The number of aliphatic carboxylic acids is 1. The fourth-order valence-electron chi connectivity index (χ4n) is 2.38. The molecule has 0 spiro atoms. The van der Waals surface area contributed by atoms with Crippen molar-refractivity contribution in [3.8, 4) is 0 Å². The normalized spacial score (nSPS) is 12.3. The van der Waals surface area contributed by atoms with E-state index in [0.717, 1.165) is 0 Å². The minimum Gasteiger partial charge on any atom is -0.548 e. The van der Waals surface area contributed by atoms with E-state index in [1.807, 2.05) is 6.07 Å². The lowest BCUT2D eigenvalue weighted by Crippen LogP contribution is -2.52. The van der Waals surface area contributed by atoms with Crippen molar-refractivity contribution in [3.05, 3.63) is 77.5 Å². The van der Waals surface area contributed by atoms with E-state index in [4.69, 9.17) is 0 Å². The van der Waals surface area contributed by atoms with Crippen LogP contribution >= 0.6 is 0 Å². The summed E-state index contributed by atoms with van der Waals surface area (Å²) in [4.78, 5) is 36.4. The summed E-state index contributed by atoms with van der Waals surface area (Å²) in [6.07, 6.45) is 1.49. The third-order valence-electron chi connectivity index (χ3n) is 3.85. The molecule has 0 aliphatic carbocycles. The Kier molecular flexibility index (Phi) is 6.88. The lowest BCUT2D eigenvalue weighted by molar-refractivity contribution is -0.309. The summed E-state index contributed by atoms with van der Waals surface area (Å²) < 4.78 is 0. The van der Waals surface area contributed by atoms with Crippen molar-refractivity contribution in [3.63, 3.8) is 0 Å². The van der Waals surface area contributed by atoms with Gasteiger partial charge in [0, 0.05) is 5.56 Å². The van der Waals surface area contributed by atoms with Crippen LogP contribution in [-0.2, 0) is 9.59 Å².